The minimum Gasteiger partial charge on any atom is -0.310 e. The van der Waals surface area contributed by atoms with Gasteiger partial charge in [-0.3, -0.25) is 0 Å². The summed E-state index contributed by atoms with van der Waals surface area (Å²) in [5, 5.41) is 7.56. The number of hydrogen-bond donors (Lipinski definition) is 0. The molecular weight excluding hydrogens is 699 g/mol. The molecule has 11 rings (SSSR count). The number of anilines is 3. The summed E-state index contributed by atoms with van der Waals surface area (Å²) in [4.78, 5) is 2.49. The van der Waals surface area contributed by atoms with E-state index in [0.29, 0.717) is 0 Å². The second-order valence-electron chi connectivity index (χ2n) is 16.1. The fraction of sp³-hybridized carbons (Fsp3) is 0.0526. The van der Waals surface area contributed by atoms with Crippen LogP contribution < -0.4 is 4.90 Å². The molecule has 1 nitrogen and oxygen atoms in total. The Labute approximate surface area is 340 Å². The lowest BCUT2D eigenvalue weighted by Gasteiger charge is -2.32. The second kappa shape index (κ2) is 13.5. The van der Waals surface area contributed by atoms with Crippen molar-refractivity contribution in [3.63, 3.8) is 0 Å². The van der Waals surface area contributed by atoms with Crippen molar-refractivity contribution >= 4 is 49.4 Å². The predicted octanol–water partition coefficient (Wildman–Crippen LogP) is 15.9. The van der Waals surface area contributed by atoms with Crippen LogP contribution in [0.2, 0.25) is 0 Å². The maximum absolute atomic E-state index is 2.49. The summed E-state index contributed by atoms with van der Waals surface area (Å²) in [6.45, 7) is 4.79. The maximum atomic E-state index is 2.49. The molecule has 0 radical (unpaired) electrons. The van der Waals surface area contributed by atoms with E-state index in [1.807, 2.05) is 0 Å². The Bertz CT molecular complexity index is 3170. The SMILES string of the molecule is CC1(C)c2ccc3ccccc3c2-c2cccc(N(c3ccc(-c4cccc5cccc(-c6ccccc6)c45)cc3)c3ccc4c(-c5ccccc5)cccc4c3)c21. The highest BCUT2D eigenvalue weighted by Gasteiger charge is 2.39. The van der Waals surface area contributed by atoms with Crippen molar-refractivity contribution in [1.82, 2.24) is 0 Å². The summed E-state index contributed by atoms with van der Waals surface area (Å²) >= 11 is 0. The van der Waals surface area contributed by atoms with Gasteiger partial charge in [0.1, 0.15) is 0 Å². The molecule has 58 heavy (non-hydrogen) atoms. The first kappa shape index (κ1) is 34.1. The van der Waals surface area contributed by atoms with Gasteiger partial charge < -0.3 is 4.90 Å². The fourth-order valence-corrected chi connectivity index (χ4v) is 9.75. The molecule has 1 aliphatic rings. The van der Waals surface area contributed by atoms with Gasteiger partial charge in [-0.05, 0) is 118 Å². The molecule has 0 heterocycles. The van der Waals surface area contributed by atoms with Gasteiger partial charge in [0.05, 0.1) is 5.69 Å². The Kier molecular flexibility index (Phi) is 7.91. The van der Waals surface area contributed by atoms with E-state index in [1.54, 1.807) is 0 Å². The smallest absolute Gasteiger partial charge is 0.0508 e. The van der Waals surface area contributed by atoms with E-state index in [9.17, 15) is 0 Å². The van der Waals surface area contributed by atoms with E-state index in [-0.39, 0.29) is 5.41 Å². The van der Waals surface area contributed by atoms with Crippen molar-refractivity contribution < 1.29 is 0 Å². The zero-order chi connectivity index (χ0) is 38.8. The quantitative estimate of drug-likeness (QED) is 0.164. The van der Waals surface area contributed by atoms with E-state index < -0.39 is 0 Å². The Balaban J connectivity index is 1.11. The van der Waals surface area contributed by atoms with Gasteiger partial charge in [-0.15, -0.1) is 0 Å². The van der Waals surface area contributed by atoms with Crippen molar-refractivity contribution in [2.75, 3.05) is 4.90 Å². The van der Waals surface area contributed by atoms with Crippen LogP contribution in [0.25, 0.3) is 76.8 Å². The Morgan fingerprint density at radius 3 is 1.64 bits per heavy atom. The van der Waals surface area contributed by atoms with Gasteiger partial charge in [0.25, 0.3) is 0 Å². The van der Waals surface area contributed by atoms with Crippen LogP contribution >= 0.6 is 0 Å². The Hall–Kier alpha value is -7.22. The lowest BCUT2D eigenvalue weighted by molar-refractivity contribution is 0.661. The molecule has 10 aromatic rings. The van der Waals surface area contributed by atoms with Crippen molar-refractivity contribution in [1.29, 1.82) is 0 Å². The highest BCUT2D eigenvalue weighted by molar-refractivity contribution is 6.08. The summed E-state index contributed by atoms with van der Waals surface area (Å²) in [7, 11) is 0. The summed E-state index contributed by atoms with van der Waals surface area (Å²) in [5.41, 5.74) is 16.0. The number of fused-ring (bicyclic) bond motifs is 7. The molecule has 1 aliphatic carbocycles. The zero-order valence-corrected chi connectivity index (χ0v) is 32.7. The molecule has 10 aromatic carbocycles. The van der Waals surface area contributed by atoms with Gasteiger partial charge in [-0.25, -0.2) is 0 Å². The molecule has 0 bridgehead atoms. The van der Waals surface area contributed by atoms with Crippen LogP contribution in [0.1, 0.15) is 25.0 Å². The van der Waals surface area contributed by atoms with E-state index in [4.69, 9.17) is 0 Å². The monoisotopic (exact) mass is 739 g/mol. The van der Waals surface area contributed by atoms with Crippen LogP contribution in [0.15, 0.2) is 212 Å². The van der Waals surface area contributed by atoms with Gasteiger partial charge in [0, 0.05) is 16.8 Å². The number of nitrogens with zero attached hydrogens (tertiary/aromatic N) is 1. The van der Waals surface area contributed by atoms with E-state index >= 15 is 0 Å². The summed E-state index contributed by atoms with van der Waals surface area (Å²) in [6, 6.07) is 78.1. The van der Waals surface area contributed by atoms with Crippen LogP contribution in [-0.2, 0) is 5.41 Å². The third-order valence-corrected chi connectivity index (χ3v) is 12.4. The Morgan fingerprint density at radius 1 is 0.362 bits per heavy atom. The number of benzene rings is 10. The molecule has 0 spiro atoms. The molecule has 0 N–H and O–H groups in total. The first-order chi connectivity index (χ1) is 28.5. The molecule has 0 aliphatic heterocycles. The summed E-state index contributed by atoms with van der Waals surface area (Å²) in [5.74, 6) is 0. The molecule has 0 fully saturated rings. The van der Waals surface area contributed by atoms with Crippen LogP contribution in [-0.4, -0.2) is 0 Å². The first-order valence-electron chi connectivity index (χ1n) is 20.3. The van der Waals surface area contributed by atoms with Gasteiger partial charge in [0.2, 0.25) is 0 Å². The van der Waals surface area contributed by atoms with Crippen molar-refractivity contribution in [2.45, 2.75) is 19.3 Å². The molecule has 0 amide bonds. The molecule has 0 atom stereocenters. The number of rotatable bonds is 6. The fourth-order valence-electron chi connectivity index (χ4n) is 9.75. The van der Waals surface area contributed by atoms with E-state index in [2.05, 4.69) is 231 Å². The largest absolute Gasteiger partial charge is 0.310 e. The van der Waals surface area contributed by atoms with E-state index in [0.717, 1.165) is 11.4 Å². The normalized spacial score (nSPS) is 12.8. The zero-order valence-electron chi connectivity index (χ0n) is 32.7. The van der Waals surface area contributed by atoms with Crippen LogP contribution in [0.3, 0.4) is 0 Å². The standard InChI is InChI=1S/C57H41N/c1-57(2)52-36-31-40-19-9-10-23-50(40)55(52)51-27-14-28-53(56(51)57)58(45-34-35-47-43(37-45)22-13-24-46(47)38-15-5-3-6-16-38)44-32-29-41(30-33-44)49-26-12-21-42-20-11-25-48(54(42)49)39-17-7-4-8-18-39/h3-37H,1-2H3. The minimum absolute atomic E-state index is 0.225. The highest BCUT2D eigenvalue weighted by Crippen LogP contribution is 2.56. The van der Waals surface area contributed by atoms with Gasteiger partial charge in [0.15, 0.2) is 0 Å². The predicted molar refractivity (Wildman–Crippen MR) is 248 cm³/mol. The first-order valence-corrected chi connectivity index (χ1v) is 20.3. The van der Waals surface area contributed by atoms with Crippen molar-refractivity contribution in [3.8, 4) is 44.5 Å². The Morgan fingerprint density at radius 2 is 0.914 bits per heavy atom. The lowest BCUT2D eigenvalue weighted by Crippen LogP contribution is -2.20. The van der Waals surface area contributed by atoms with Crippen LogP contribution in [0.4, 0.5) is 17.1 Å². The van der Waals surface area contributed by atoms with Gasteiger partial charge in [-0.1, -0.05) is 196 Å². The lowest BCUT2D eigenvalue weighted by atomic mass is 9.81. The number of hydrogen-bond acceptors (Lipinski definition) is 1. The molecule has 0 saturated carbocycles. The average molecular weight is 740 g/mol. The minimum atomic E-state index is -0.225. The van der Waals surface area contributed by atoms with Gasteiger partial charge >= 0.3 is 0 Å². The summed E-state index contributed by atoms with van der Waals surface area (Å²) < 4.78 is 0. The topological polar surface area (TPSA) is 3.24 Å². The molecule has 0 aromatic heterocycles. The third kappa shape index (κ3) is 5.39. The maximum Gasteiger partial charge on any atom is 0.0508 e. The molecule has 0 saturated heterocycles. The molecule has 274 valence electrons. The molecule has 1 heteroatoms. The highest BCUT2D eigenvalue weighted by atomic mass is 15.1. The second-order valence-corrected chi connectivity index (χ2v) is 16.1. The van der Waals surface area contributed by atoms with Crippen molar-refractivity contribution in [2.24, 2.45) is 0 Å². The summed E-state index contributed by atoms with van der Waals surface area (Å²) in [6.07, 6.45) is 0. The third-order valence-electron chi connectivity index (χ3n) is 12.4. The van der Waals surface area contributed by atoms with E-state index in [1.165, 1.54) is 93.6 Å². The average Bonchev–Trinajstić information content (AvgIpc) is 3.53. The molecule has 0 unspecified atom stereocenters. The van der Waals surface area contributed by atoms with Crippen LogP contribution in [0.5, 0.6) is 0 Å². The van der Waals surface area contributed by atoms with Crippen LogP contribution in [0, 0.1) is 0 Å². The molecular formula is C57H41N. The van der Waals surface area contributed by atoms with Crippen molar-refractivity contribution in [3.05, 3.63) is 223 Å². The van der Waals surface area contributed by atoms with Gasteiger partial charge in [-0.2, -0.15) is 0 Å².